The van der Waals surface area contributed by atoms with Gasteiger partial charge in [0.1, 0.15) is 0 Å². The predicted octanol–water partition coefficient (Wildman–Crippen LogP) is 3.07. The van der Waals surface area contributed by atoms with Crippen LogP contribution in [0.2, 0.25) is 0 Å². The molecule has 0 radical (unpaired) electrons. The van der Waals surface area contributed by atoms with Crippen LogP contribution in [-0.2, 0) is 0 Å². The maximum Gasteiger partial charge on any atom is 0.293 e. The first-order valence-corrected chi connectivity index (χ1v) is 10.7. The fraction of sp³-hybridized carbons (Fsp3) is 0.381. The Morgan fingerprint density at radius 3 is 2.46 bits per heavy atom. The third-order valence-corrected chi connectivity index (χ3v) is 6.71. The molecule has 7 heteroatoms. The Morgan fingerprint density at radius 1 is 1.04 bits per heavy atom. The van der Waals surface area contributed by atoms with Gasteiger partial charge in [0.2, 0.25) is 5.82 Å². The van der Waals surface area contributed by atoms with Crippen LogP contribution in [0, 0.1) is 11.8 Å². The minimum Gasteiger partial charge on any atom is -0.336 e. The molecule has 2 aliphatic heterocycles. The van der Waals surface area contributed by atoms with E-state index in [0.717, 1.165) is 55.4 Å². The highest BCUT2D eigenvalue weighted by Gasteiger charge is 2.33. The lowest BCUT2D eigenvalue weighted by atomic mass is 9.92. The van der Waals surface area contributed by atoms with Crippen molar-refractivity contribution < 1.29 is 4.79 Å². The zero-order chi connectivity index (χ0) is 18.9. The Balaban J connectivity index is 1.46. The molecule has 0 spiro atoms. The molecule has 144 valence electrons. The number of fused-ring (bicyclic) bond motifs is 1. The number of thiophene rings is 1. The molecule has 2 saturated heterocycles. The van der Waals surface area contributed by atoms with E-state index in [2.05, 4.69) is 15.4 Å². The van der Waals surface area contributed by atoms with Gasteiger partial charge in [-0.1, -0.05) is 24.3 Å². The Labute approximate surface area is 168 Å². The van der Waals surface area contributed by atoms with E-state index in [4.69, 9.17) is 0 Å². The first kappa shape index (κ1) is 17.6. The summed E-state index contributed by atoms with van der Waals surface area (Å²) >= 11 is 1.60. The van der Waals surface area contributed by atoms with Crippen molar-refractivity contribution in [2.24, 2.45) is 11.8 Å². The molecule has 1 N–H and O–H groups in total. The second-order valence-electron chi connectivity index (χ2n) is 7.53. The quantitative estimate of drug-likeness (QED) is 0.743. The van der Waals surface area contributed by atoms with Crippen LogP contribution in [0.5, 0.6) is 0 Å². The van der Waals surface area contributed by atoms with Crippen LogP contribution in [0.1, 0.15) is 23.5 Å². The first-order valence-electron chi connectivity index (χ1n) is 9.86. The normalized spacial score (nSPS) is 22.1. The minimum atomic E-state index is -0.0552. The van der Waals surface area contributed by atoms with Crippen LogP contribution in [0.15, 0.2) is 47.8 Å². The van der Waals surface area contributed by atoms with Gasteiger partial charge in [0.05, 0.1) is 10.6 Å². The van der Waals surface area contributed by atoms with Gasteiger partial charge < -0.3 is 10.2 Å². The molecular formula is C21H23N5OS. The number of nitrogens with one attached hydrogen (secondary N) is 1. The number of para-hydroxylation sites is 1. The van der Waals surface area contributed by atoms with Crippen molar-refractivity contribution in [3.05, 3.63) is 53.7 Å². The number of amides is 1. The molecule has 3 aromatic rings. The van der Waals surface area contributed by atoms with E-state index < -0.39 is 0 Å². The Kier molecular flexibility index (Phi) is 4.70. The molecule has 28 heavy (non-hydrogen) atoms. The lowest BCUT2D eigenvalue weighted by Crippen LogP contribution is -2.33. The average Bonchev–Trinajstić information content (AvgIpc) is 3.47. The molecule has 4 heterocycles. The minimum absolute atomic E-state index is 0.0552. The fourth-order valence-corrected chi connectivity index (χ4v) is 4.98. The first-order chi connectivity index (χ1) is 13.8. The molecular weight excluding hydrogens is 370 g/mol. The fourth-order valence-electron chi connectivity index (χ4n) is 4.28. The monoisotopic (exact) mass is 393 g/mol. The summed E-state index contributed by atoms with van der Waals surface area (Å²) in [4.78, 5) is 20.8. The highest BCUT2D eigenvalue weighted by atomic mass is 32.1. The van der Waals surface area contributed by atoms with E-state index >= 15 is 0 Å². The van der Waals surface area contributed by atoms with Crippen molar-refractivity contribution in [1.29, 1.82) is 0 Å². The van der Waals surface area contributed by atoms with Gasteiger partial charge in [0.25, 0.3) is 5.91 Å². The van der Waals surface area contributed by atoms with Gasteiger partial charge >= 0.3 is 0 Å². The number of rotatable bonds is 3. The molecule has 0 saturated carbocycles. The Morgan fingerprint density at radius 2 is 1.79 bits per heavy atom. The summed E-state index contributed by atoms with van der Waals surface area (Å²) in [5.41, 5.74) is 0.911. The van der Waals surface area contributed by atoms with Crippen molar-refractivity contribution in [3.63, 3.8) is 0 Å². The van der Waals surface area contributed by atoms with Gasteiger partial charge in [0.15, 0.2) is 5.82 Å². The van der Waals surface area contributed by atoms with E-state index in [1.165, 1.54) is 0 Å². The lowest BCUT2D eigenvalue weighted by Gasteiger charge is -2.19. The van der Waals surface area contributed by atoms with Crippen LogP contribution in [0.4, 0.5) is 0 Å². The summed E-state index contributed by atoms with van der Waals surface area (Å²) in [6.45, 7) is 3.73. The van der Waals surface area contributed by atoms with Gasteiger partial charge in [-0.3, -0.25) is 4.79 Å². The highest BCUT2D eigenvalue weighted by Crippen LogP contribution is 2.29. The topological polar surface area (TPSA) is 63.1 Å². The molecule has 2 atom stereocenters. The third kappa shape index (κ3) is 3.25. The molecule has 5 rings (SSSR count). The molecule has 0 aliphatic carbocycles. The second-order valence-corrected chi connectivity index (χ2v) is 8.48. The zero-order valence-electron chi connectivity index (χ0n) is 15.6. The van der Waals surface area contributed by atoms with Crippen LogP contribution in [-0.4, -0.2) is 51.8 Å². The maximum absolute atomic E-state index is 13.2. The molecule has 0 unspecified atom stereocenters. The van der Waals surface area contributed by atoms with E-state index in [0.29, 0.717) is 11.8 Å². The number of carbonyl (C=O) groups excluding carboxylic acids is 1. The van der Waals surface area contributed by atoms with Gasteiger partial charge in [-0.15, -0.1) is 16.4 Å². The van der Waals surface area contributed by atoms with Crippen LogP contribution >= 0.6 is 11.3 Å². The smallest absolute Gasteiger partial charge is 0.293 e. The van der Waals surface area contributed by atoms with Crippen molar-refractivity contribution >= 4 is 17.2 Å². The molecule has 0 bridgehead atoms. The van der Waals surface area contributed by atoms with E-state index in [-0.39, 0.29) is 11.7 Å². The van der Waals surface area contributed by atoms with E-state index in [9.17, 15) is 4.79 Å². The maximum atomic E-state index is 13.2. The molecule has 1 aromatic carbocycles. The summed E-state index contributed by atoms with van der Waals surface area (Å²) in [6, 6.07) is 13.9. The van der Waals surface area contributed by atoms with Gasteiger partial charge in [-0.2, -0.15) is 0 Å². The number of nitrogens with zero attached hydrogens (tertiary/aromatic N) is 4. The van der Waals surface area contributed by atoms with Crippen molar-refractivity contribution in [2.45, 2.75) is 12.8 Å². The number of carbonyl (C=O) groups is 1. The SMILES string of the molecule is O=C(c1nc(-c2cccs2)n(-c2ccccc2)n1)N1CC[C@@H]2CNC[C@@H]2CC1. The number of hydrogen-bond donors (Lipinski definition) is 1. The predicted molar refractivity (Wildman–Crippen MR) is 110 cm³/mol. The number of likely N-dealkylation sites (tertiary alicyclic amines) is 1. The number of benzene rings is 1. The number of hydrogen-bond acceptors (Lipinski definition) is 5. The van der Waals surface area contributed by atoms with Crippen LogP contribution in [0.3, 0.4) is 0 Å². The molecule has 2 aliphatic rings. The molecule has 2 fully saturated rings. The third-order valence-electron chi connectivity index (χ3n) is 5.85. The van der Waals surface area contributed by atoms with Gasteiger partial charge in [-0.25, -0.2) is 9.67 Å². The van der Waals surface area contributed by atoms with Gasteiger partial charge in [-0.05, 0) is 61.3 Å². The Hall–Kier alpha value is -2.51. The van der Waals surface area contributed by atoms with E-state index in [1.807, 2.05) is 52.7 Å². The summed E-state index contributed by atoms with van der Waals surface area (Å²) in [5, 5.41) is 10.1. The average molecular weight is 394 g/mol. The summed E-state index contributed by atoms with van der Waals surface area (Å²) < 4.78 is 1.79. The van der Waals surface area contributed by atoms with Crippen molar-refractivity contribution in [2.75, 3.05) is 26.2 Å². The second kappa shape index (κ2) is 7.48. The molecule has 1 amide bonds. The van der Waals surface area contributed by atoms with Crippen LogP contribution < -0.4 is 5.32 Å². The van der Waals surface area contributed by atoms with Crippen molar-refractivity contribution in [3.8, 4) is 16.4 Å². The Bertz CT molecular complexity index is 939. The summed E-state index contributed by atoms with van der Waals surface area (Å²) in [5.74, 6) is 2.34. The van der Waals surface area contributed by atoms with Crippen molar-refractivity contribution in [1.82, 2.24) is 25.0 Å². The standard InChI is InChI=1S/C21H23N5OS/c27-21(25-10-8-15-13-22-14-16(15)9-11-25)19-23-20(18-7-4-12-28-18)26(24-19)17-5-2-1-3-6-17/h1-7,12,15-16,22H,8-11,13-14H2/t15-,16+. The zero-order valence-corrected chi connectivity index (χ0v) is 16.4. The van der Waals surface area contributed by atoms with Gasteiger partial charge in [0, 0.05) is 13.1 Å². The van der Waals surface area contributed by atoms with E-state index in [1.54, 1.807) is 16.0 Å². The van der Waals surface area contributed by atoms with Crippen LogP contribution in [0.25, 0.3) is 16.4 Å². The number of aromatic nitrogens is 3. The highest BCUT2D eigenvalue weighted by molar-refractivity contribution is 7.13. The molecule has 6 nitrogen and oxygen atoms in total. The largest absolute Gasteiger partial charge is 0.336 e. The summed E-state index contributed by atoms with van der Waals surface area (Å²) in [7, 11) is 0. The summed E-state index contributed by atoms with van der Waals surface area (Å²) in [6.07, 6.45) is 2.11. The molecule has 2 aromatic heterocycles. The lowest BCUT2D eigenvalue weighted by molar-refractivity contribution is 0.0746.